The number of alkyl halides is 3. The van der Waals surface area contributed by atoms with Gasteiger partial charge in [-0.05, 0) is 36.2 Å². The summed E-state index contributed by atoms with van der Waals surface area (Å²) in [5.74, 6) is -1.58. The van der Waals surface area contributed by atoms with Gasteiger partial charge in [0.2, 0.25) is 0 Å². The highest BCUT2D eigenvalue weighted by atomic mass is 35.5. The van der Waals surface area contributed by atoms with Crippen LogP contribution in [0.3, 0.4) is 0 Å². The summed E-state index contributed by atoms with van der Waals surface area (Å²) in [6.07, 6.45) is -3.38. The van der Waals surface area contributed by atoms with E-state index in [0.29, 0.717) is 4.88 Å². The number of anilines is 1. The number of halogens is 5. The zero-order valence-corrected chi connectivity index (χ0v) is 18.3. The monoisotopic (exact) mass is 503 g/mol. The van der Waals surface area contributed by atoms with E-state index >= 15 is 0 Å². The normalized spacial score (nSPS) is 11.3. The topological polar surface area (TPSA) is 91.3 Å². The zero-order chi connectivity index (χ0) is 23.5. The summed E-state index contributed by atoms with van der Waals surface area (Å²) in [6.45, 7) is -0.0178. The number of carbonyl (C=O) groups excluding carboxylic acids is 2. The Balaban J connectivity index is 1.74. The summed E-state index contributed by atoms with van der Waals surface area (Å²) >= 11 is 12.7. The van der Waals surface area contributed by atoms with E-state index in [1.807, 2.05) is 0 Å². The van der Waals surface area contributed by atoms with E-state index in [2.05, 4.69) is 15.6 Å². The van der Waals surface area contributed by atoms with Gasteiger partial charge in [0, 0.05) is 17.8 Å². The molecule has 32 heavy (non-hydrogen) atoms. The minimum absolute atomic E-state index is 0.0178. The van der Waals surface area contributed by atoms with Gasteiger partial charge in [-0.2, -0.15) is 13.2 Å². The number of thiazole rings is 1. The lowest BCUT2D eigenvalue weighted by Crippen LogP contribution is -2.25. The van der Waals surface area contributed by atoms with E-state index in [-0.39, 0.29) is 39.8 Å². The van der Waals surface area contributed by atoms with Crippen LogP contribution in [0.4, 0.5) is 18.9 Å². The average Bonchev–Trinajstić information content (AvgIpc) is 3.26. The first-order valence-electron chi connectivity index (χ1n) is 8.92. The zero-order valence-electron chi connectivity index (χ0n) is 16.0. The Hall–Kier alpha value is -2.82. The van der Waals surface area contributed by atoms with Crippen LogP contribution in [0, 0.1) is 0 Å². The molecule has 0 spiro atoms. The maximum absolute atomic E-state index is 13.6. The molecule has 12 heteroatoms. The average molecular weight is 504 g/mol. The molecule has 0 fully saturated rings. The predicted molar refractivity (Wildman–Crippen MR) is 116 cm³/mol. The van der Waals surface area contributed by atoms with Gasteiger partial charge >= 0.3 is 6.18 Å². The van der Waals surface area contributed by atoms with Crippen LogP contribution in [-0.2, 0) is 12.6 Å². The van der Waals surface area contributed by atoms with Crippen molar-refractivity contribution in [2.75, 3.05) is 11.9 Å². The summed E-state index contributed by atoms with van der Waals surface area (Å²) in [5, 5.41) is 14.1. The van der Waals surface area contributed by atoms with Gasteiger partial charge in [-0.3, -0.25) is 14.6 Å². The maximum atomic E-state index is 13.6. The van der Waals surface area contributed by atoms with Crippen molar-refractivity contribution in [2.24, 2.45) is 0 Å². The second-order valence-corrected chi connectivity index (χ2v) is 8.18. The number of carbonyl (C=O) groups is 2. The first-order valence-corrected chi connectivity index (χ1v) is 10.6. The van der Waals surface area contributed by atoms with Crippen molar-refractivity contribution in [3.8, 4) is 5.75 Å². The Bertz CT molecular complexity index is 1130. The van der Waals surface area contributed by atoms with Gasteiger partial charge in [-0.15, -0.1) is 11.3 Å². The SMILES string of the molecule is O=C(Nc1ccc(CCNC(=O)c2cncs2)c(C(F)(F)F)c1)c1cc(Cl)c(O)c(Cl)c1. The highest BCUT2D eigenvalue weighted by Crippen LogP contribution is 2.35. The van der Waals surface area contributed by atoms with Gasteiger partial charge in [-0.1, -0.05) is 29.3 Å². The molecule has 3 N–H and O–H groups in total. The van der Waals surface area contributed by atoms with E-state index < -0.39 is 29.3 Å². The van der Waals surface area contributed by atoms with Gasteiger partial charge < -0.3 is 15.7 Å². The molecule has 3 aromatic rings. The van der Waals surface area contributed by atoms with Gasteiger partial charge in [0.25, 0.3) is 11.8 Å². The van der Waals surface area contributed by atoms with E-state index in [4.69, 9.17) is 23.2 Å². The number of hydrogen-bond donors (Lipinski definition) is 3. The smallest absolute Gasteiger partial charge is 0.416 e. The molecule has 0 radical (unpaired) electrons. The van der Waals surface area contributed by atoms with Crippen LogP contribution >= 0.6 is 34.5 Å². The molecule has 3 rings (SSSR count). The first-order chi connectivity index (χ1) is 15.1. The van der Waals surface area contributed by atoms with Crippen molar-refractivity contribution >= 4 is 52.0 Å². The number of aromatic nitrogens is 1. The Morgan fingerprint density at radius 3 is 2.38 bits per heavy atom. The largest absolute Gasteiger partial charge is 0.505 e. The number of benzene rings is 2. The summed E-state index contributed by atoms with van der Waals surface area (Å²) in [5.41, 5.74) is 0.352. The van der Waals surface area contributed by atoms with Gasteiger partial charge in [0.15, 0.2) is 5.75 Å². The van der Waals surface area contributed by atoms with Gasteiger partial charge in [0.05, 0.1) is 27.3 Å². The number of aromatic hydroxyl groups is 1. The predicted octanol–water partition coefficient (Wildman–Crippen LogP) is 5.40. The van der Waals surface area contributed by atoms with Crippen LogP contribution in [0.1, 0.15) is 31.2 Å². The van der Waals surface area contributed by atoms with Gasteiger partial charge in [-0.25, -0.2) is 0 Å². The number of phenolic OH excluding ortho intramolecular Hbond substituents is 1. The molecule has 0 aliphatic rings. The highest BCUT2D eigenvalue weighted by Gasteiger charge is 2.33. The van der Waals surface area contributed by atoms with Crippen LogP contribution in [-0.4, -0.2) is 28.4 Å². The molecule has 168 valence electrons. The molecule has 2 aromatic carbocycles. The Kier molecular flexibility index (Phi) is 7.27. The van der Waals surface area contributed by atoms with Crippen LogP contribution in [0.2, 0.25) is 10.0 Å². The van der Waals surface area contributed by atoms with Crippen molar-refractivity contribution < 1.29 is 27.9 Å². The Labute approximate surface area is 194 Å². The molecule has 1 aromatic heterocycles. The van der Waals surface area contributed by atoms with E-state index in [0.717, 1.165) is 29.5 Å². The van der Waals surface area contributed by atoms with Crippen molar-refractivity contribution in [2.45, 2.75) is 12.6 Å². The molecule has 6 nitrogen and oxygen atoms in total. The van der Waals surface area contributed by atoms with Crippen molar-refractivity contribution in [3.05, 3.63) is 73.7 Å². The lowest BCUT2D eigenvalue weighted by atomic mass is 10.0. The van der Waals surface area contributed by atoms with E-state index in [1.54, 1.807) is 0 Å². The molecule has 0 saturated carbocycles. The Morgan fingerprint density at radius 2 is 1.78 bits per heavy atom. The fourth-order valence-electron chi connectivity index (χ4n) is 2.76. The van der Waals surface area contributed by atoms with Crippen LogP contribution in [0.15, 0.2) is 42.0 Å². The molecule has 0 saturated heterocycles. The molecule has 0 unspecified atom stereocenters. The summed E-state index contributed by atoms with van der Waals surface area (Å²) in [6, 6.07) is 5.64. The standard InChI is InChI=1S/C20H14Cl2F3N3O3S/c21-14-5-11(6-15(22)17(14)29)18(30)28-12-2-1-10(13(7-12)20(23,24)25)3-4-27-19(31)16-8-26-9-32-16/h1-2,5-9,29H,3-4H2,(H,27,31)(H,28,30). The second kappa shape index (κ2) is 9.76. The van der Waals surface area contributed by atoms with Crippen molar-refractivity contribution in [1.29, 1.82) is 0 Å². The molecule has 0 bridgehead atoms. The number of nitrogens with one attached hydrogen (secondary N) is 2. The van der Waals surface area contributed by atoms with Crippen LogP contribution < -0.4 is 10.6 Å². The quantitative estimate of drug-likeness (QED) is 0.420. The molecular formula is C20H14Cl2F3N3O3S. The number of nitrogens with zero attached hydrogens (tertiary/aromatic N) is 1. The fraction of sp³-hybridized carbons (Fsp3) is 0.150. The third kappa shape index (κ3) is 5.70. The fourth-order valence-corrected chi connectivity index (χ4v) is 3.78. The second-order valence-electron chi connectivity index (χ2n) is 6.48. The number of phenols is 1. The number of hydrogen-bond acceptors (Lipinski definition) is 5. The maximum Gasteiger partial charge on any atom is 0.416 e. The van der Waals surface area contributed by atoms with Gasteiger partial charge in [0.1, 0.15) is 4.88 Å². The van der Waals surface area contributed by atoms with E-state index in [1.165, 1.54) is 23.8 Å². The minimum atomic E-state index is -4.68. The Morgan fingerprint density at radius 1 is 1.09 bits per heavy atom. The molecule has 0 aliphatic heterocycles. The molecule has 2 amide bonds. The number of amides is 2. The molecule has 0 aliphatic carbocycles. The van der Waals surface area contributed by atoms with Crippen molar-refractivity contribution in [3.63, 3.8) is 0 Å². The molecule has 1 heterocycles. The first kappa shape index (κ1) is 23.8. The van der Waals surface area contributed by atoms with E-state index in [9.17, 15) is 27.9 Å². The third-order valence-electron chi connectivity index (χ3n) is 4.29. The molecule has 0 atom stereocenters. The minimum Gasteiger partial charge on any atom is -0.505 e. The van der Waals surface area contributed by atoms with Crippen molar-refractivity contribution in [1.82, 2.24) is 10.3 Å². The summed E-state index contributed by atoms with van der Waals surface area (Å²) in [4.78, 5) is 28.4. The third-order valence-corrected chi connectivity index (χ3v) is 5.64. The summed E-state index contributed by atoms with van der Waals surface area (Å²) < 4.78 is 40.7. The lowest BCUT2D eigenvalue weighted by molar-refractivity contribution is -0.138. The van der Waals surface area contributed by atoms with Crippen LogP contribution in [0.5, 0.6) is 5.75 Å². The lowest BCUT2D eigenvalue weighted by Gasteiger charge is -2.15. The summed E-state index contributed by atoms with van der Waals surface area (Å²) in [7, 11) is 0. The highest BCUT2D eigenvalue weighted by molar-refractivity contribution is 7.11. The van der Waals surface area contributed by atoms with Crippen LogP contribution in [0.25, 0.3) is 0 Å². The molecular weight excluding hydrogens is 490 g/mol. The number of rotatable bonds is 6.